The average molecular weight is 455 g/mol. The summed E-state index contributed by atoms with van der Waals surface area (Å²) in [6, 6.07) is 17.8. The van der Waals surface area contributed by atoms with Crippen LogP contribution in [0.15, 0.2) is 82.9 Å². The summed E-state index contributed by atoms with van der Waals surface area (Å²) in [6.07, 6.45) is 2.84. The van der Waals surface area contributed by atoms with Gasteiger partial charge in [-0.25, -0.2) is 23.1 Å². The molecule has 0 atom stereocenters. The fraction of sp³-hybridized carbons (Fsp3) is 0.136. The third-order valence-electron chi connectivity index (χ3n) is 4.35. The van der Waals surface area contributed by atoms with Gasteiger partial charge in [0.05, 0.1) is 25.3 Å². The maximum Gasteiger partial charge on any atom is 0.265 e. The second-order valence-electron chi connectivity index (χ2n) is 6.41. The largest absolute Gasteiger partial charge is 0.497 e. The van der Waals surface area contributed by atoms with Crippen LogP contribution in [-0.4, -0.2) is 46.3 Å². The van der Waals surface area contributed by atoms with E-state index in [1.807, 2.05) is 0 Å². The van der Waals surface area contributed by atoms with Crippen molar-refractivity contribution in [1.29, 1.82) is 0 Å². The monoisotopic (exact) mass is 454 g/mol. The van der Waals surface area contributed by atoms with Gasteiger partial charge in [0.25, 0.3) is 15.9 Å². The molecule has 32 heavy (non-hydrogen) atoms. The van der Waals surface area contributed by atoms with Crippen LogP contribution >= 0.6 is 0 Å². The van der Waals surface area contributed by atoms with E-state index in [4.69, 9.17) is 9.47 Å². The lowest BCUT2D eigenvalue weighted by Crippen LogP contribution is -2.40. The number of nitrogens with zero attached hydrogens (tertiary/aromatic N) is 3. The van der Waals surface area contributed by atoms with Crippen molar-refractivity contribution in [3.63, 3.8) is 0 Å². The molecular formula is C22H22N4O5S. The van der Waals surface area contributed by atoms with Gasteiger partial charge in [-0.15, -0.1) is 0 Å². The first-order valence-corrected chi connectivity index (χ1v) is 10.9. The molecule has 0 radical (unpaired) electrons. The van der Waals surface area contributed by atoms with Crippen LogP contribution in [0, 0.1) is 0 Å². The van der Waals surface area contributed by atoms with Crippen molar-refractivity contribution in [2.45, 2.75) is 4.90 Å². The molecule has 0 spiro atoms. The van der Waals surface area contributed by atoms with Gasteiger partial charge in [0.15, 0.2) is 0 Å². The van der Waals surface area contributed by atoms with Gasteiger partial charge in [-0.2, -0.15) is 5.10 Å². The summed E-state index contributed by atoms with van der Waals surface area (Å²) in [5.74, 6) is 0.595. The van der Waals surface area contributed by atoms with E-state index in [0.717, 1.165) is 4.31 Å². The summed E-state index contributed by atoms with van der Waals surface area (Å²) < 4.78 is 37.7. The Bertz CT molecular complexity index is 1190. The number of carbonyl (C=O) groups excluding carboxylic acids is 1. The number of ether oxygens (including phenoxy) is 2. The number of hydrogen-bond acceptors (Lipinski definition) is 7. The van der Waals surface area contributed by atoms with Crippen molar-refractivity contribution in [1.82, 2.24) is 10.4 Å². The van der Waals surface area contributed by atoms with E-state index in [2.05, 4.69) is 15.5 Å². The van der Waals surface area contributed by atoms with Gasteiger partial charge >= 0.3 is 0 Å². The summed E-state index contributed by atoms with van der Waals surface area (Å²) in [5, 5.41) is 3.93. The van der Waals surface area contributed by atoms with Crippen LogP contribution in [0.5, 0.6) is 11.5 Å². The van der Waals surface area contributed by atoms with Crippen molar-refractivity contribution < 1.29 is 22.7 Å². The van der Waals surface area contributed by atoms with Crippen LogP contribution in [0.25, 0.3) is 0 Å². The highest BCUT2D eigenvalue weighted by Gasteiger charge is 2.27. The Labute approximate surface area is 186 Å². The van der Waals surface area contributed by atoms with Gasteiger partial charge in [0, 0.05) is 11.8 Å². The van der Waals surface area contributed by atoms with Gasteiger partial charge in [0.1, 0.15) is 23.9 Å². The minimum Gasteiger partial charge on any atom is -0.497 e. The van der Waals surface area contributed by atoms with E-state index in [9.17, 15) is 13.2 Å². The van der Waals surface area contributed by atoms with E-state index in [0.29, 0.717) is 17.1 Å². The highest BCUT2D eigenvalue weighted by atomic mass is 32.2. The fourth-order valence-corrected chi connectivity index (χ4v) is 4.19. The van der Waals surface area contributed by atoms with Crippen LogP contribution in [-0.2, 0) is 14.8 Å². The maximum atomic E-state index is 13.2. The van der Waals surface area contributed by atoms with Crippen molar-refractivity contribution in [3.05, 3.63) is 78.5 Å². The molecule has 0 fully saturated rings. The molecular weight excluding hydrogens is 432 g/mol. The minimum absolute atomic E-state index is 0.0445. The van der Waals surface area contributed by atoms with Crippen LogP contribution < -0.4 is 19.2 Å². The smallest absolute Gasteiger partial charge is 0.265 e. The molecule has 0 aliphatic heterocycles. The zero-order valence-corrected chi connectivity index (χ0v) is 18.3. The molecule has 3 rings (SSSR count). The van der Waals surface area contributed by atoms with Crippen LogP contribution in [0.4, 0.5) is 5.82 Å². The Morgan fingerprint density at radius 1 is 1.06 bits per heavy atom. The normalized spacial score (nSPS) is 11.2. The predicted octanol–water partition coefficient (Wildman–Crippen LogP) is 2.44. The number of benzene rings is 2. The van der Waals surface area contributed by atoms with Crippen molar-refractivity contribution in [2.24, 2.45) is 5.10 Å². The lowest BCUT2D eigenvalue weighted by molar-refractivity contribution is -0.119. The summed E-state index contributed by atoms with van der Waals surface area (Å²) in [6.45, 7) is -0.513. The molecule has 166 valence electrons. The molecule has 1 amide bonds. The first kappa shape index (κ1) is 22.8. The molecule has 0 aliphatic carbocycles. The van der Waals surface area contributed by atoms with Crippen molar-refractivity contribution in [3.8, 4) is 11.5 Å². The highest BCUT2D eigenvalue weighted by Crippen LogP contribution is 2.23. The Kier molecular flexibility index (Phi) is 7.40. The summed E-state index contributed by atoms with van der Waals surface area (Å²) in [4.78, 5) is 16.7. The molecule has 1 aromatic heterocycles. The summed E-state index contributed by atoms with van der Waals surface area (Å²) >= 11 is 0. The van der Waals surface area contributed by atoms with E-state index >= 15 is 0 Å². The first-order chi connectivity index (χ1) is 15.5. The highest BCUT2D eigenvalue weighted by molar-refractivity contribution is 7.92. The summed E-state index contributed by atoms with van der Waals surface area (Å²) in [7, 11) is -0.982. The minimum atomic E-state index is -4.02. The van der Waals surface area contributed by atoms with Gasteiger partial charge < -0.3 is 9.47 Å². The summed E-state index contributed by atoms with van der Waals surface area (Å²) in [5.41, 5.74) is 2.92. The average Bonchev–Trinajstić information content (AvgIpc) is 2.83. The molecule has 9 nitrogen and oxygen atoms in total. The SMILES string of the molecule is COc1ccc(OC)c(/C=N\NC(=O)CN(c2ccccn2)S(=O)(=O)c2ccccc2)c1. The predicted molar refractivity (Wildman–Crippen MR) is 120 cm³/mol. The number of pyridine rings is 1. The molecule has 0 bridgehead atoms. The third-order valence-corrected chi connectivity index (χ3v) is 6.12. The Morgan fingerprint density at radius 2 is 1.81 bits per heavy atom. The molecule has 0 saturated carbocycles. The van der Waals surface area contributed by atoms with Crippen LogP contribution in [0.1, 0.15) is 5.56 Å². The standard InChI is InChI=1S/C22H22N4O5S/c1-30-18-11-12-20(31-2)17(14-18)15-24-25-22(27)16-26(21-10-6-7-13-23-21)32(28,29)19-8-4-3-5-9-19/h3-15H,16H2,1-2H3,(H,25,27)/b24-15-. The molecule has 0 saturated heterocycles. The quantitative estimate of drug-likeness (QED) is 0.393. The lowest BCUT2D eigenvalue weighted by Gasteiger charge is -2.22. The maximum absolute atomic E-state index is 13.2. The van der Waals surface area contributed by atoms with Gasteiger partial charge in [-0.05, 0) is 42.5 Å². The van der Waals surface area contributed by atoms with E-state index in [1.165, 1.54) is 44.8 Å². The zero-order valence-electron chi connectivity index (χ0n) is 17.5. The zero-order chi connectivity index (χ0) is 23.0. The third kappa shape index (κ3) is 5.41. The molecule has 0 aliphatic rings. The number of nitrogens with one attached hydrogen (secondary N) is 1. The first-order valence-electron chi connectivity index (χ1n) is 9.48. The Morgan fingerprint density at radius 3 is 2.47 bits per heavy atom. The van der Waals surface area contributed by atoms with Gasteiger partial charge in [-0.3, -0.25) is 4.79 Å². The van der Waals surface area contributed by atoms with Crippen LogP contribution in [0.3, 0.4) is 0 Å². The lowest BCUT2D eigenvalue weighted by atomic mass is 10.2. The fourth-order valence-electron chi connectivity index (χ4n) is 2.79. The van der Waals surface area contributed by atoms with E-state index < -0.39 is 22.5 Å². The molecule has 2 aromatic carbocycles. The van der Waals surface area contributed by atoms with Crippen LogP contribution in [0.2, 0.25) is 0 Å². The van der Waals surface area contributed by atoms with Gasteiger partial charge in [0.2, 0.25) is 0 Å². The number of amides is 1. The van der Waals surface area contributed by atoms with Crippen molar-refractivity contribution in [2.75, 3.05) is 25.1 Å². The Balaban J connectivity index is 1.80. The van der Waals surface area contributed by atoms with E-state index in [-0.39, 0.29) is 10.7 Å². The number of rotatable bonds is 9. The van der Waals surface area contributed by atoms with E-state index in [1.54, 1.807) is 48.5 Å². The number of anilines is 1. The molecule has 3 aromatic rings. The number of aromatic nitrogens is 1. The topological polar surface area (TPSA) is 110 Å². The second kappa shape index (κ2) is 10.4. The van der Waals surface area contributed by atoms with Gasteiger partial charge in [-0.1, -0.05) is 24.3 Å². The molecule has 10 heteroatoms. The molecule has 0 unspecified atom stereocenters. The molecule has 1 N–H and O–H groups in total. The van der Waals surface area contributed by atoms with Crippen molar-refractivity contribution >= 4 is 28.0 Å². The number of hydrogen-bond donors (Lipinski definition) is 1. The Hall–Kier alpha value is -3.92. The number of carbonyl (C=O) groups is 1. The number of hydrazone groups is 1. The number of sulfonamides is 1. The number of methoxy groups -OCH3 is 2. The molecule has 1 heterocycles. The second-order valence-corrected chi connectivity index (χ2v) is 8.28.